The SMILES string of the molecule is CCN(CC)c1ccc2c(-c3ccc(S(N)(=O)=O)cc3S(=O)(=O)O)c3ccc(=[N+](CC)CC)cc-3oc2c1.[OH-]. The number of primary sulfonamides is 1. The number of sulfonamides is 1. The average molecular weight is 576 g/mol. The van der Waals surface area contributed by atoms with Crippen molar-refractivity contribution < 1.29 is 31.3 Å². The van der Waals surface area contributed by atoms with Gasteiger partial charge in [0.25, 0.3) is 10.1 Å². The van der Waals surface area contributed by atoms with Gasteiger partial charge in [0.2, 0.25) is 15.4 Å². The number of nitrogens with zero attached hydrogens (tertiary/aromatic N) is 2. The van der Waals surface area contributed by atoms with Crippen molar-refractivity contribution in [3.05, 3.63) is 60.0 Å². The van der Waals surface area contributed by atoms with Gasteiger partial charge in [-0.05, 0) is 58.0 Å². The summed E-state index contributed by atoms with van der Waals surface area (Å²) in [5, 5.41) is 6.80. The zero-order valence-corrected chi connectivity index (χ0v) is 23.9. The lowest BCUT2D eigenvalue weighted by molar-refractivity contribution is 0.483. The van der Waals surface area contributed by atoms with E-state index in [0.29, 0.717) is 27.9 Å². The van der Waals surface area contributed by atoms with Crippen molar-refractivity contribution in [1.29, 1.82) is 0 Å². The van der Waals surface area contributed by atoms with E-state index >= 15 is 0 Å². The van der Waals surface area contributed by atoms with Crippen LogP contribution in [0.1, 0.15) is 27.7 Å². The molecule has 210 valence electrons. The number of anilines is 1. The molecule has 0 amide bonds. The molecule has 4 rings (SSSR count). The Bertz CT molecular complexity index is 1770. The maximum Gasteiger partial charge on any atom is 0.295 e. The van der Waals surface area contributed by atoms with Crippen LogP contribution in [0.3, 0.4) is 0 Å². The molecule has 2 aromatic carbocycles. The Labute approximate surface area is 228 Å². The highest BCUT2D eigenvalue weighted by Crippen LogP contribution is 2.43. The molecule has 2 aliphatic rings. The number of nitrogens with two attached hydrogens (primary N) is 1. The van der Waals surface area contributed by atoms with Crippen molar-refractivity contribution in [2.75, 3.05) is 31.1 Å². The van der Waals surface area contributed by atoms with Crippen molar-refractivity contribution in [3.8, 4) is 22.5 Å². The van der Waals surface area contributed by atoms with Gasteiger partial charge in [-0.1, -0.05) is 6.07 Å². The molecule has 1 heterocycles. The first-order valence-corrected chi connectivity index (χ1v) is 15.4. The van der Waals surface area contributed by atoms with Gasteiger partial charge in [-0.3, -0.25) is 4.55 Å². The third-order valence-corrected chi connectivity index (χ3v) is 8.58. The summed E-state index contributed by atoms with van der Waals surface area (Å²) < 4.78 is 67.6. The van der Waals surface area contributed by atoms with Crippen LogP contribution < -0.4 is 20.0 Å². The van der Waals surface area contributed by atoms with Crippen LogP contribution in [0.25, 0.3) is 33.4 Å². The van der Waals surface area contributed by atoms with Gasteiger partial charge in [-0.25, -0.2) is 18.1 Å². The van der Waals surface area contributed by atoms with E-state index in [2.05, 4.69) is 37.2 Å². The molecule has 0 unspecified atom stereocenters. The second-order valence-electron chi connectivity index (χ2n) is 8.86. The molecular weight excluding hydrogens is 542 g/mol. The van der Waals surface area contributed by atoms with E-state index in [0.717, 1.165) is 43.3 Å². The van der Waals surface area contributed by atoms with Crippen molar-refractivity contribution in [2.45, 2.75) is 37.5 Å². The topological polar surface area (TPSA) is 164 Å². The molecule has 0 saturated carbocycles. The Kier molecular flexibility index (Phi) is 8.88. The smallest absolute Gasteiger partial charge is 0.295 e. The second-order valence-corrected chi connectivity index (χ2v) is 11.8. The van der Waals surface area contributed by atoms with E-state index in [-0.39, 0.29) is 11.0 Å². The monoisotopic (exact) mass is 575 g/mol. The molecule has 0 radical (unpaired) electrons. The quantitative estimate of drug-likeness (QED) is 0.183. The summed E-state index contributed by atoms with van der Waals surface area (Å²) in [5.41, 5.74) is 2.70. The van der Waals surface area contributed by atoms with Crippen molar-refractivity contribution in [1.82, 2.24) is 4.58 Å². The molecule has 0 aromatic heterocycles. The molecule has 12 heteroatoms. The minimum atomic E-state index is -4.83. The lowest BCUT2D eigenvalue weighted by atomic mass is 9.93. The molecule has 39 heavy (non-hydrogen) atoms. The highest BCUT2D eigenvalue weighted by Gasteiger charge is 2.26. The van der Waals surface area contributed by atoms with E-state index < -0.39 is 29.9 Å². The average Bonchev–Trinajstić information content (AvgIpc) is 2.87. The molecule has 10 nitrogen and oxygen atoms in total. The molecule has 0 bridgehead atoms. The first-order valence-electron chi connectivity index (χ1n) is 12.4. The summed E-state index contributed by atoms with van der Waals surface area (Å²) in [6.07, 6.45) is 0. The summed E-state index contributed by atoms with van der Waals surface area (Å²) >= 11 is 0. The minimum Gasteiger partial charge on any atom is -0.870 e. The van der Waals surface area contributed by atoms with Crippen LogP contribution in [-0.2, 0) is 20.1 Å². The van der Waals surface area contributed by atoms with Gasteiger partial charge in [0.1, 0.15) is 29.3 Å². The van der Waals surface area contributed by atoms with Gasteiger partial charge < -0.3 is 14.8 Å². The standard InChI is InChI=1S/C27H31N3O6S2.H2O/c1-5-29(6-2)18-9-12-21-24(15-18)36-25-16-19(30(7-3)8-4)10-13-22(25)27(21)23-14-11-20(37(28,31)32)17-26(23)38(33,34)35;/h9-17H,5-8H2,1-4H3,(H2-,28,31,32,33,34,35);1H2. The number of benzene rings is 3. The fourth-order valence-electron chi connectivity index (χ4n) is 4.83. The van der Waals surface area contributed by atoms with Gasteiger partial charge >= 0.3 is 0 Å². The number of hydrogen-bond donors (Lipinski definition) is 2. The number of hydrogen-bond acceptors (Lipinski definition) is 7. The fourth-order valence-corrected chi connectivity index (χ4v) is 6.17. The molecule has 0 atom stereocenters. The van der Waals surface area contributed by atoms with Crippen LogP contribution in [-0.4, -0.2) is 53.0 Å². The Hall–Kier alpha value is -3.29. The summed E-state index contributed by atoms with van der Waals surface area (Å²) in [6.45, 7) is 11.4. The maximum atomic E-state index is 12.5. The third kappa shape index (κ3) is 5.85. The molecule has 0 spiro atoms. The van der Waals surface area contributed by atoms with Crippen LogP contribution in [0.2, 0.25) is 0 Å². The summed E-state index contributed by atoms with van der Waals surface area (Å²) in [7, 11) is -9.04. The van der Waals surface area contributed by atoms with E-state index in [1.54, 1.807) is 0 Å². The fraction of sp³-hybridized carbons (Fsp3) is 0.296. The second kappa shape index (κ2) is 11.4. The van der Waals surface area contributed by atoms with E-state index in [9.17, 15) is 21.4 Å². The van der Waals surface area contributed by atoms with E-state index in [4.69, 9.17) is 9.56 Å². The normalized spacial score (nSPS) is 11.9. The first kappa shape index (κ1) is 30.3. The number of rotatable bonds is 8. The third-order valence-electron chi connectivity index (χ3n) is 6.78. The summed E-state index contributed by atoms with van der Waals surface area (Å²) in [6, 6.07) is 14.8. The van der Waals surface area contributed by atoms with E-state index in [1.165, 1.54) is 12.1 Å². The van der Waals surface area contributed by atoms with Crippen LogP contribution in [0.15, 0.2) is 68.8 Å². The molecule has 4 N–H and O–H groups in total. The van der Waals surface area contributed by atoms with Gasteiger partial charge in [0.15, 0.2) is 0 Å². The van der Waals surface area contributed by atoms with Gasteiger partial charge in [-0.2, -0.15) is 8.42 Å². The largest absolute Gasteiger partial charge is 0.870 e. The predicted octanol–water partition coefficient (Wildman–Crippen LogP) is 3.58. The maximum absolute atomic E-state index is 12.5. The van der Waals surface area contributed by atoms with Crippen molar-refractivity contribution in [3.63, 3.8) is 0 Å². The Morgan fingerprint density at radius 3 is 2.08 bits per heavy atom. The van der Waals surface area contributed by atoms with Gasteiger partial charge in [-0.15, -0.1) is 0 Å². The molecule has 1 aliphatic carbocycles. The van der Waals surface area contributed by atoms with Gasteiger partial charge in [0, 0.05) is 53.0 Å². The Morgan fingerprint density at radius 1 is 0.872 bits per heavy atom. The molecular formula is C27H33N3O7S2. The zero-order chi connectivity index (χ0) is 27.8. The van der Waals surface area contributed by atoms with Gasteiger partial charge in [0.05, 0.1) is 11.0 Å². The first-order chi connectivity index (χ1) is 17.9. The minimum absolute atomic E-state index is 0. The van der Waals surface area contributed by atoms with Crippen LogP contribution >= 0.6 is 0 Å². The van der Waals surface area contributed by atoms with Crippen LogP contribution in [0.4, 0.5) is 5.69 Å². The molecule has 1 aliphatic heterocycles. The molecule has 2 aromatic rings. The Balaban J connectivity index is 0.00000420. The van der Waals surface area contributed by atoms with Crippen LogP contribution in [0, 0.1) is 0 Å². The summed E-state index contributed by atoms with van der Waals surface area (Å²) in [4.78, 5) is 1.18. The highest BCUT2D eigenvalue weighted by atomic mass is 32.2. The molecule has 0 fully saturated rings. The van der Waals surface area contributed by atoms with E-state index in [1.807, 2.05) is 36.4 Å². The van der Waals surface area contributed by atoms with Crippen LogP contribution in [0.5, 0.6) is 0 Å². The molecule has 0 saturated heterocycles. The lowest BCUT2D eigenvalue weighted by Crippen LogP contribution is -2.29. The van der Waals surface area contributed by atoms with Crippen molar-refractivity contribution in [2.24, 2.45) is 5.14 Å². The zero-order valence-electron chi connectivity index (χ0n) is 22.2. The number of fused-ring (bicyclic) bond motifs is 2. The van der Waals surface area contributed by atoms with Crippen molar-refractivity contribution >= 4 is 36.8 Å². The summed E-state index contributed by atoms with van der Waals surface area (Å²) in [5.74, 6) is 0.519. The Morgan fingerprint density at radius 2 is 1.51 bits per heavy atom. The highest BCUT2D eigenvalue weighted by molar-refractivity contribution is 7.89. The lowest BCUT2D eigenvalue weighted by Gasteiger charge is -2.22. The predicted molar refractivity (Wildman–Crippen MR) is 151 cm³/mol.